The molecule has 0 saturated heterocycles. The van der Waals surface area contributed by atoms with Crippen molar-refractivity contribution in [1.29, 1.82) is 0 Å². The molecule has 2 N–H and O–H groups in total. The van der Waals surface area contributed by atoms with Crippen LogP contribution in [-0.2, 0) is 0 Å². The molecule has 0 aliphatic rings. The third kappa shape index (κ3) is 1.51. The molecule has 0 unspecified atom stereocenters. The summed E-state index contributed by atoms with van der Waals surface area (Å²) in [6, 6.07) is 3.78. The van der Waals surface area contributed by atoms with Crippen LogP contribution in [0.4, 0.5) is 0 Å². The van der Waals surface area contributed by atoms with Crippen molar-refractivity contribution < 1.29 is 0 Å². The van der Waals surface area contributed by atoms with Crippen molar-refractivity contribution in [3.05, 3.63) is 36.9 Å². The standard InChI is InChI=1S/C6H7N2/c1-2-4-8-6-5-7-3-1/h1-5,7-8H. The summed E-state index contributed by atoms with van der Waals surface area (Å²) in [7, 11) is 0. The molecule has 41 valence electrons. The third-order valence-corrected chi connectivity index (χ3v) is 0.722. The minimum atomic E-state index is 1.69. The van der Waals surface area contributed by atoms with Crippen molar-refractivity contribution in [2.24, 2.45) is 0 Å². The van der Waals surface area contributed by atoms with E-state index in [-0.39, 0.29) is 0 Å². The van der Waals surface area contributed by atoms with Crippen LogP contribution in [0.1, 0.15) is 0 Å². The summed E-state index contributed by atoms with van der Waals surface area (Å²) < 4.78 is 0. The van der Waals surface area contributed by atoms with Gasteiger partial charge in [-0.25, -0.2) is 0 Å². The summed E-state index contributed by atoms with van der Waals surface area (Å²) in [4.78, 5) is 5.64. The Balaban J connectivity index is 3.00. The van der Waals surface area contributed by atoms with E-state index in [1.54, 1.807) is 12.4 Å². The Bertz CT molecular complexity index is 111. The van der Waals surface area contributed by atoms with E-state index in [1.807, 2.05) is 18.3 Å². The average molecular weight is 107 g/mol. The van der Waals surface area contributed by atoms with Crippen molar-refractivity contribution in [2.45, 2.75) is 0 Å². The molecule has 0 aliphatic heterocycles. The molecule has 1 aromatic rings. The lowest BCUT2D eigenvalue weighted by atomic mass is 10.6. The Hall–Kier alpha value is -1.18. The van der Waals surface area contributed by atoms with E-state index in [9.17, 15) is 0 Å². The fraction of sp³-hybridized carbons (Fsp3) is 0. The summed E-state index contributed by atoms with van der Waals surface area (Å²) >= 11 is 0. The zero-order valence-electron chi connectivity index (χ0n) is 4.39. The number of aromatic amines is 2. The summed E-state index contributed by atoms with van der Waals surface area (Å²) in [6.07, 6.45) is 8.08. The topological polar surface area (TPSA) is 31.6 Å². The van der Waals surface area contributed by atoms with Crippen molar-refractivity contribution in [1.82, 2.24) is 9.97 Å². The Morgan fingerprint density at radius 1 is 1.12 bits per heavy atom. The number of hydrogen-bond acceptors (Lipinski definition) is 0. The van der Waals surface area contributed by atoms with E-state index >= 15 is 0 Å². The fourth-order valence-corrected chi connectivity index (χ4v) is 0.394. The van der Waals surface area contributed by atoms with Crippen LogP contribution in [0, 0.1) is 6.20 Å². The lowest BCUT2D eigenvalue weighted by molar-refractivity contribution is 1.24. The molecule has 1 radical (unpaired) electrons. The van der Waals surface area contributed by atoms with Gasteiger partial charge in [0.15, 0.2) is 0 Å². The van der Waals surface area contributed by atoms with Crippen LogP contribution in [0.5, 0.6) is 0 Å². The van der Waals surface area contributed by atoms with Crippen molar-refractivity contribution in [2.75, 3.05) is 0 Å². The molecule has 0 aromatic carbocycles. The normalized spacial score (nSPS) is 8.00. The summed E-state index contributed by atoms with van der Waals surface area (Å²) in [6.45, 7) is 0. The Kier molecular flexibility index (Phi) is 1.80. The van der Waals surface area contributed by atoms with Gasteiger partial charge in [0.05, 0.1) is 6.20 Å². The molecule has 1 heterocycles. The van der Waals surface area contributed by atoms with E-state index in [0.717, 1.165) is 0 Å². The van der Waals surface area contributed by atoms with Gasteiger partial charge < -0.3 is 9.97 Å². The van der Waals surface area contributed by atoms with Crippen LogP contribution in [-0.4, -0.2) is 9.97 Å². The highest BCUT2D eigenvalue weighted by Gasteiger charge is 1.56. The molecule has 8 heavy (non-hydrogen) atoms. The molecule has 0 spiro atoms. The van der Waals surface area contributed by atoms with Gasteiger partial charge in [-0.1, -0.05) is 0 Å². The third-order valence-electron chi connectivity index (χ3n) is 0.722. The van der Waals surface area contributed by atoms with Gasteiger partial charge in [-0.15, -0.1) is 0 Å². The number of nitrogens with one attached hydrogen (secondary N) is 2. The SMILES string of the molecule is [c]1c[nH]cccc[nH]1. The second-order valence-corrected chi connectivity index (χ2v) is 1.32. The molecule has 0 atom stereocenters. The van der Waals surface area contributed by atoms with Crippen LogP contribution in [0.25, 0.3) is 0 Å². The molecule has 0 amide bonds. The number of H-pyrrole nitrogens is 2. The maximum Gasteiger partial charge on any atom is 0.0796 e. The number of hydrogen-bond donors (Lipinski definition) is 2. The van der Waals surface area contributed by atoms with Gasteiger partial charge in [0, 0.05) is 18.6 Å². The highest BCUT2D eigenvalue weighted by molar-refractivity contribution is 4.81. The first-order valence-electron chi connectivity index (χ1n) is 2.40. The van der Waals surface area contributed by atoms with Crippen molar-refractivity contribution >= 4 is 0 Å². The van der Waals surface area contributed by atoms with Crippen LogP contribution < -0.4 is 0 Å². The van der Waals surface area contributed by atoms with E-state index < -0.39 is 0 Å². The fourth-order valence-electron chi connectivity index (χ4n) is 0.394. The minimum absolute atomic E-state index is 1.69. The maximum atomic E-state index is 2.86. The number of aromatic nitrogens is 2. The molecule has 0 aliphatic carbocycles. The van der Waals surface area contributed by atoms with Gasteiger partial charge in [-0.2, -0.15) is 0 Å². The predicted octanol–water partition coefficient (Wildman–Crippen LogP) is 1.27. The van der Waals surface area contributed by atoms with Crippen LogP contribution >= 0.6 is 0 Å². The molecule has 0 saturated carbocycles. The first-order chi connectivity index (χ1) is 4.00. The van der Waals surface area contributed by atoms with Crippen LogP contribution in [0.3, 0.4) is 0 Å². The highest BCUT2D eigenvalue weighted by Crippen LogP contribution is 1.69. The van der Waals surface area contributed by atoms with Gasteiger partial charge in [0.2, 0.25) is 0 Å². The first-order valence-corrected chi connectivity index (χ1v) is 2.40. The molecule has 0 bridgehead atoms. The Labute approximate surface area is 47.9 Å². The van der Waals surface area contributed by atoms with Gasteiger partial charge in [0.25, 0.3) is 0 Å². The van der Waals surface area contributed by atoms with Crippen molar-refractivity contribution in [3.8, 4) is 0 Å². The minimum Gasteiger partial charge on any atom is -0.366 e. The zero-order valence-corrected chi connectivity index (χ0v) is 4.39. The summed E-state index contributed by atoms with van der Waals surface area (Å²) in [5.74, 6) is 0. The highest BCUT2D eigenvalue weighted by atomic mass is 14.7. The average Bonchev–Trinajstić information content (AvgIpc) is 1.62. The molecule has 2 nitrogen and oxygen atoms in total. The van der Waals surface area contributed by atoms with Gasteiger partial charge in [-0.3, -0.25) is 0 Å². The van der Waals surface area contributed by atoms with Gasteiger partial charge in [-0.05, 0) is 12.1 Å². The zero-order chi connectivity index (χ0) is 5.66. The maximum absolute atomic E-state index is 2.86. The van der Waals surface area contributed by atoms with Crippen LogP contribution in [0.15, 0.2) is 30.7 Å². The van der Waals surface area contributed by atoms with E-state index in [1.165, 1.54) is 0 Å². The first kappa shape index (κ1) is 4.97. The lowest BCUT2D eigenvalue weighted by Gasteiger charge is -1.73. The van der Waals surface area contributed by atoms with E-state index in [4.69, 9.17) is 0 Å². The summed E-state index contributed by atoms with van der Waals surface area (Å²) in [5.41, 5.74) is 0. The Morgan fingerprint density at radius 3 is 3.00 bits per heavy atom. The Morgan fingerprint density at radius 2 is 2.00 bits per heavy atom. The molecule has 1 aromatic heterocycles. The summed E-state index contributed by atoms with van der Waals surface area (Å²) in [5, 5.41) is 0. The molecule has 1 rings (SSSR count). The molecular weight excluding hydrogens is 100 g/mol. The quantitative estimate of drug-likeness (QED) is 0.500. The second kappa shape index (κ2) is 2.91. The van der Waals surface area contributed by atoms with E-state index in [0.29, 0.717) is 0 Å². The predicted molar refractivity (Wildman–Crippen MR) is 31.6 cm³/mol. The molecular formula is C6H7N2. The molecule has 0 fully saturated rings. The second-order valence-electron chi connectivity index (χ2n) is 1.32. The van der Waals surface area contributed by atoms with Gasteiger partial charge >= 0.3 is 0 Å². The monoisotopic (exact) mass is 107 g/mol. The number of rotatable bonds is 0. The largest absolute Gasteiger partial charge is 0.366 e. The van der Waals surface area contributed by atoms with Crippen LogP contribution in [0.2, 0.25) is 0 Å². The van der Waals surface area contributed by atoms with E-state index in [2.05, 4.69) is 16.2 Å². The molecule has 2 heteroatoms. The van der Waals surface area contributed by atoms with Gasteiger partial charge in [0.1, 0.15) is 0 Å². The smallest absolute Gasteiger partial charge is 0.0796 e. The van der Waals surface area contributed by atoms with Crippen molar-refractivity contribution in [3.63, 3.8) is 0 Å². The lowest BCUT2D eigenvalue weighted by Crippen LogP contribution is -1.63.